The van der Waals surface area contributed by atoms with Crippen molar-refractivity contribution in [3.8, 4) is 5.75 Å². The van der Waals surface area contributed by atoms with Gasteiger partial charge in [0.25, 0.3) is 0 Å². The highest BCUT2D eigenvalue weighted by molar-refractivity contribution is 7.90. The van der Waals surface area contributed by atoms with E-state index < -0.39 is 9.84 Å². The number of rotatable bonds is 7. The fraction of sp³-hybridized carbons (Fsp3) is 0.471. The van der Waals surface area contributed by atoms with Crippen LogP contribution >= 0.6 is 0 Å². The molecule has 1 aromatic heterocycles. The molecule has 0 bridgehead atoms. The molecule has 0 fully saturated rings. The van der Waals surface area contributed by atoms with Crippen LogP contribution in [0.4, 0.5) is 0 Å². The molecule has 0 spiro atoms. The van der Waals surface area contributed by atoms with Crippen molar-refractivity contribution in [2.75, 3.05) is 39.8 Å². The number of benzene rings is 1. The molecule has 0 saturated heterocycles. The lowest BCUT2D eigenvalue weighted by Crippen LogP contribution is -2.16. The number of nitrogens with zero attached hydrogens (tertiary/aromatic N) is 2. The zero-order valence-electron chi connectivity index (χ0n) is 14.6. The van der Waals surface area contributed by atoms with E-state index in [9.17, 15) is 13.2 Å². The summed E-state index contributed by atoms with van der Waals surface area (Å²) in [5, 5.41) is 0.962. The second kappa shape index (κ2) is 7.36. The fourth-order valence-corrected chi connectivity index (χ4v) is 3.09. The summed E-state index contributed by atoms with van der Waals surface area (Å²) in [6.07, 6.45) is 3.73. The van der Waals surface area contributed by atoms with Crippen LogP contribution in [0.1, 0.15) is 16.8 Å². The molecule has 0 radical (unpaired) electrons. The van der Waals surface area contributed by atoms with Gasteiger partial charge >= 0.3 is 0 Å². The molecule has 0 amide bonds. The van der Waals surface area contributed by atoms with Crippen molar-refractivity contribution in [3.05, 3.63) is 30.0 Å². The van der Waals surface area contributed by atoms with Gasteiger partial charge in [-0.2, -0.15) is 0 Å². The third-order valence-corrected chi connectivity index (χ3v) is 4.82. The summed E-state index contributed by atoms with van der Waals surface area (Å²) >= 11 is 0. The van der Waals surface area contributed by atoms with Crippen LogP contribution in [0.5, 0.6) is 5.75 Å². The molecule has 0 unspecified atom stereocenters. The first kappa shape index (κ1) is 18.5. The van der Waals surface area contributed by atoms with E-state index >= 15 is 0 Å². The van der Waals surface area contributed by atoms with Gasteiger partial charge in [-0.1, -0.05) is 0 Å². The topological polar surface area (TPSA) is 68.6 Å². The van der Waals surface area contributed by atoms with E-state index in [2.05, 4.69) is 4.90 Å². The molecule has 0 aliphatic carbocycles. The molecular weight excluding hydrogens is 328 g/mol. The Labute approximate surface area is 142 Å². The first-order valence-corrected chi connectivity index (χ1v) is 9.81. The lowest BCUT2D eigenvalue weighted by atomic mass is 10.1. The summed E-state index contributed by atoms with van der Waals surface area (Å²) < 4.78 is 29.5. The number of likely N-dealkylation sites (N-methyl/N-ethyl adjacent to an activating group) is 1. The van der Waals surface area contributed by atoms with Crippen LogP contribution in [0, 0.1) is 0 Å². The average molecular weight is 352 g/mol. The number of sulfone groups is 1. The molecular formula is C17H24N2O4S. The van der Waals surface area contributed by atoms with Crippen LogP contribution in [0.15, 0.2) is 24.4 Å². The van der Waals surface area contributed by atoms with Crippen molar-refractivity contribution in [1.29, 1.82) is 0 Å². The number of carbonyl (C=O) groups is 1. The van der Waals surface area contributed by atoms with Gasteiger partial charge in [0.05, 0.1) is 18.4 Å². The van der Waals surface area contributed by atoms with Crippen molar-refractivity contribution in [2.24, 2.45) is 0 Å². The smallest absolute Gasteiger partial charge is 0.232 e. The Kier molecular flexibility index (Phi) is 5.66. The summed E-state index contributed by atoms with van der Waals surface area (Å²) in [7, 11) is 2.43. The summed E-state index contributed by atoms with van der Waals surface area (Å²) in [5.74, 6) is 0.371. The molecule has 0 atom stereocenters. The third kappa shape index (κ3) is 4.58. The highest BCUT2D eigenvalue weighted by Crippen LogP contribution is 2.27. The second-order valence-corrected chi connectivity index (χ2v) is 8.49. The largest absolute Gasteiger partial charge is 0.497 e. The molecule has 0 N–H and O–H groups in total. The van der Waals surface area contributed by atoms with Gasteiger partial charge in [-0.05, 0) is 44.3 Å². The predicted molar refractivity (Wildman–Crippen MR) is 95.7 cm³/mol. The maximum Gasteiger partial charge on any atom is 0.232 e. The quantitative estimate of drug-likeness (QED) is 0.760. The lowest BCUT2D eigenvalue weighted by molar-refractivity contribution is 0.0914. The number of ether oxygens (including phenoxy) is 1. The Balaban J connectivity index is 2.40. The molecule has 0 aliphatic heterocycles. The third-order valence-electron chi connectivity index (χ3n) is 3.88. The first-order chi connectivity index (χ1) is 11.2. The minimum atomic E-state index is -3.17. The number of fused-ring (bicyclic) bond motifs is 1. The zero-order valence-corrected chi connectivity index (χ0v) is 15.4. The predicted octanol–water partition coefficient (Wildman–Crippen LogP) is 1.83. The summed E-state index contributed by atoms with van der Waals surface area (Å²) in [6, 6.07) is 5.56. The molecule has 0 aliphatic rings. The Morgan fingerprint density at radius 2 is 2.00 bits per heavy atom. The summed E-state index contributed by atoms with van der Waals surface area (Å²) in [4.78, 5) is 14.5. The second-order valence-electron chi connectivity index (χ2n) is 6.23. The highest BCUT2D eigenvalue weighted by atomic mass is 32.2. The van der Waals surface area contributed by atoms with Crippen molar-refractivity contribution in [2.45, 2.75) is 12.8 Å². The molecule has 6 nitrogen and oxygen atoms in total. The van der Waals surface area contributed by atoms with E-state index in [0.717, 1.165) is 41.4 Å². The Morgan fingerprint density at radius 1 is 1.29 bits per heavy atom. The van der Waals surface area contributed by atoms with Crippen LogP contribution in [0.2, 0.25) is 0 Å². The average Bonchev–Trinajstić information content (AvgIpc) is 2.87. The SMILES string of the molecule is COc1ccc2c(c1)c(CCN(C)C)cn2C(=O)CCS(C)(=O)=O. The maximum atomic E-state index is 12.5. The number of hydrogen-bond donors (Lipinski definition) is 0. The summed E-state index contributed by atoms with van der Waals surface area (Å²) in [6.45, 7) is 0.855. The van der Waals surface area contributed by atoms with E-state index in [1.807, 2.05) is 32.4 Å². The van der Waals surface area contributed by atoms with Gasteiger partial charge in [-0.15, -0.1) is 0 Å². The molecule has 2 rings (SSSR count). The standard InChI is InChI=1S/C17H24N2O4S/c1-18(2)9-7-13-12-19(17(20)8-10-24(4,21)22)16-6-5-14(23-3)11-15(13)16/h5-6,11-12H,7-10H2,1-4H3. The Morgan fingerprint density at radius 3 is 2.58 bits per heavy atom. The minimum Gasteiger partial charge on any atom is -0.497 e. The summed E-state index contributed by atoms with van der Waals surface area (Å²) in [5.41, 5.74) is 1.83. The normalized spacial score (nSPS) is 12.0. The van der Waals surface area contributed by atoms with Crippen LogP contribution < -0.4 is 4.74 Å². The van der Waals surface area contributed by atoms with Crippen LogP contribution in [0.25, 0.3) is 10.9 Å². The molecule has 132 valence electrons. The monoisotopic (exact) mass is 352 g/mol. The first-order valence-electron chi connectivity index (χ1n) is 7.75. The van der Waals surface area contributed by atoms with Crippen LogP contribution in [-0.4, -0.2) is 63.6 Å². The Bertz CT molecular complexity index is 838. The van der Waals surface area contributed by atoms with E-state index in [-0.39, 0.29) is 18.1 Å². The lowest BCUT2D eigenvalue weighted by Gasteiger charge is -2.08. The van der Waals surface area contributed by atoms with E-state index in [4.69, 9.17) is 4.74 Å². The van der Waals surface area contributed by atoms with Crippen molar-refractivity contribution in [3.63, 3.8) is 0 Å². The van der Waals surface area contributed by atoms with Gasteiger partial charge in [-0.25, -0.2) is 8.42 Å². The van der Waals surface area contributed by atoms with Crippen molar-refractivity contribution >= 4 is 26.6 Å². The van der Waals surface area contributed by atoms with Crippen molar-refractivity contribution < 1.29 is 17.9 Å². The number of hydrogen-bond acceptors (Lipinski definition) is 5. The van der Waals surface area contributed by atoms with E-state index in [1.165, 1.54) is 0 Å². The van der Waals surface area contributed by atoms with Gasteiger partial charge in [0.1, 0.15) is 15.6 Å². The van der Waals surface area contributed by atoms with Gasteiger partial charge in [-0.3, -0.25) is 9.36 Å². The molecule has 1 heterocycles. The van der Waals surface area contributed by atoms with E-state index in [0.29, 0.717) is 0 Å². The van der Waals surface area contributed by atoms with Crippen LogP contribution in [0.3, 0.4) is 0 Å². The van der Waals surface area contributed by atoms with Gasteiger partial charge in [0.2, 0.25) is 5.91 Å². The van der Waals surface area contributed by atoms with Gasteiger partial charge < -0.3 is 9.64 Å². The number of aromatic nitrogens is 1. The molecule has 1 aromatic carbocycles. The number of carbonyl (C=O) groups excluding carboxylic acids is 1. The van der Waals surface area contributed by atoms with Crippen molar-refractivity contribution in [1.82, 2.24) is 9.47 Å². The Hall–Kier alpha value is -1.86. The minimum absolute atomic E-state index is 0.0260. The highest BCUT2D eigenvalue weighted by Gasteiger charge is 2.16. The zero-order chi connectivity index (χ0) is 17.9. The molecule has 2 aromatic rings. The molecule has 24 heavy (non-hydrogen) atoms. The van der Waals surface area contributed by atoms with E-state index in [1.54, 1.807) is 17.7 Å². The fourth-order valence-electron chi connectivity index (χ4n) is 2.55. The van der Waals surface area contributed by atoms with Crippen LogP contribution in [-0.2, 0) is 16.3 Å². The number of methoxy groups -OCH3 is 1. The molecule has 0 saturated carbocycles. The van der Waals surface area contributed by atoms with Gasteiger partial charge in [0.15, 0.2) is 0 Å². The molecule has 7 heteroatoms. The van der Waals surface area contributed by atoms with Gasteiger partial charge in [0, 0.05) is 30.8 Å². The maximum absolute atomic E-state index is 12.5.